The van der Waals surface area contributed by atoms with Gasteiger partial charge in [0.1, 0.15) is 46.3 Å². The molecule has 2 unspecified atom stereocenters. The molecule has 2 fully saturated rings. The Kier molecular flexibility index (Phi) is 21.0. The fourth-order valence-corrected chi connectivity index (χ4v) is 14.1. The van der Waals surface area contributed by atoms with E-state index in [1.54, 1.807) is 38.2 Å². The molecule has 0 saturated carbocycles. The number of anilines is 1. The van der Waals surface area contributed by atoms with Gasteiger partial charge in [-0.2, -0.15) is 4.98 Å². The summed E-state index contributed by atoms with van der Waals surface area (Å²) in [6.45, 7) is 11.7. The van der Waals surface area contributed by atoms with Crippen LogP contribution in [0.1, 0.15) is 120 Å². The van der Waals surface area contributed by atoms with Crippen LogP contribution < -0.4 is 20.5 Å². The van der Waals surface area contributed by atoms with Crippen LogP contribution in [-0.4, -0.2) is 96.3 Å². The number of ether oxygens (including phenoxy) is 6. The van der Waals surface area contributed by atoms with Crippen LogP contribution in [0.4, 0.5) is 5.82 Å². The second-order valence-corrected chi connectivity index (χ2v) is 26.5. The Labute approximate surface area is 511 Å². The molecule has 7 aromatic rings. The van der Waals surface area contributed by atoms with Crippen molar-refractivity contribution >= 4 is 30.4 Å². The molecule has 456 valence electrons. The third-order valence-electron chi connectivity index (χ3n) is 16.2. The molecule has 6 aromatic carbocycles. The summed E-state index contributed by atoms with van der Waals surface area (Å²) in [4.78, 5) is 33.6. The van der Waals surface area contributed by atoms with Gasteiger partial charge in [0.15, 0.2) is 17.1 Å². The summed E-state index contributed by atoms with van der Waals surface area (Å²) in [5, 5.41) is 3.58. The first-order valence-corrected chi connectivity index (χ1v) is 32.2. The van der Waals surface area contributed by atoms with Gasteiger partial charge < -0.3 is 33.7 Å². The minimum Gasteiger partial charge on any atom is -0.497 e. The summed E-state index contributed by atoms with van der Waals surface area (Å²) < 4.78 is 69.3. The number of hydrogen-bond donors (Lipinski definition) is 1. The van der Waals surface area contributed by atoms with E-state index in [4.69, 9.17) is 37.5 Å². The molecule has 0 spiro atoms. The molecule has 1 aromatic heterocycles. The molecule has 5 atom stereocenters. The van der Waals surface area contributed by atoms with E-state index in [9.17, 15) is 9.59 Å². The van der Waals surface area contributed by atoms with Gasteiger partial charge in [0.2, 0.25) is 0 Å². The van der Waals surface area contributed by atoms with E-state index in [0.29, 0.717) is 23.9 Å². The number of carbonyl (C=O) groups excluding carboxylic acids is 1. The molecule has 3 heterocycles. The average Bonchev–Trinajstić information content (AvgIpc) is 3.03. The Hall–Kier alpha value is -6.43. The molecule has 86 heavy (non-hydrogen) atoms. The third kappa shape index (κ3) is 14.1. The molecular formula is C69H83N4O11PS. The number of carbonyl (C=O) groups is 1. The Bertz CT molecular complexity index is 3250. The predicted molar refractivity (Wildman–Crippen MR) is 339 cm³/mol. The highest BCUT2D eigenvalue weighted by atomic mass is 32.2. The Balaban J connectivity index is 0.928. The van der Waals surface area contributed by atoms with E-state index in [-0.39, 0.29) is 30.7 Å². The number of nitrogens with one attached hydrogen (secondary N) is 1. The molecule has 0 radical (unpaired) electrons. The number of hydrogen-bond acceptors (Lipinski definition) is 14. The Morgan fingerprint density at radius 1 is 0.698 bits per heavy atom. The van der Waals surface area contributed by atoms with E-state index in [0.717, 1.165) is 83.7 Å². The van der Waals surface area contributed by atoms with Gasteiger partial charge in [-0.1, -0.05) is 196 Å². The molecule has 17 heteroatoms. The first-order valence-electron chi connectivity index (χ1n) is 29.8. The molecular weight excluding hydrogens is 1120 g/mol. The van der Waals surface area contributed by atoms with Crippen LogP contribution in [0.5, 0.6) is 11.5 Å². The van der Waals surface area contributed by atoms with E-state index in [2.05, 4.69) is 53.6 Å². The maximum atomic E-state index is 15.3. The fraction of sp³-hybridized carbons (Fsp3) is 0.406. The Morgan fingerprint density at radius 3 is 1.71 bits per heavy atom. The van der Waals surface area contributed by atoms with Crippen molar-refractivity contribution in [2.45, 2.75) is 121 Å². The van der Waals surface area contributed by atoms with Gasteiger partial charge in [-0.25, -0.2) is 14.0 Å². The molecule has 15 nitrogen and oxygen atoms in total. The van der Waals surface area contributed by atoms with Crippen molar-refractivity contribution in [1.82, 2.24) is 14.2 Å². The van der Waals surface area contributed by atoms with Crippen LogP contribution >= 0.6 is 19.5 Å². The quantitative estimate of drug-likeness (QED) is 0.0257. The van der Waals surface area contributed by atoms with Gasteiger partial charge >= 0.3 is 13.4 Å². The molecule has 0 bridgehead atoms. The first kappa shape index (κ1) is 64.1. The lowest BCUT2D eigenvalue weighted by Crippen LogP contribution is -2.45. The summed E-state index contributed by atoms with van der Waals surface area (Å²) in [5.74, 6) is 0.783. The number of fused-ring (bicyclic) bond motifs is 1. The fourth-order valence-electron chi connectivity index (χ4n) is 11.7. The number of unbranched alkanes of at least 4 members (excludes halogenated alkanes) is 5. The molecule has 0 amide bonds. The van der Waals surface area contributed by atoms with Gasteiger partial charge in [-0.3, -0.25) is 18.4 Å². The van der Waals surface area contributed by atoms with Crippen molar-refractivity contribution in [3.05, 3.63) is 226 Å². The summed E-state index contributed by atoms with van der Waals surface area (Å²) in [6.07, 6.45) is 5.14. The number of methoxy groups -OCH3 is 2. The van der Waals surface area contributed by atoms with Gasteiger partial charge in [0, 0.05) is 18.5 Å². The monoisotopic (exact) mass is 1210 g/mol. The maximum Gasteiger partial charge on any atom is 0.408 e. The van der Waals surface area contributed by atoms with Crippen molar-refractivity contribution in [3.63, 3.8) is 0 Å². The van der Waals surface area contributed by atoms with Crippen molar-refractivity contribution in [3.8, 4) is 11.5 Å². The van der Waals surface area contributed by atoms with Crippen LogP contribution in [0, 0.1) is 5.41 Å². The van der Waals surface area contributed by atoms with Gasteiger partial charge in [0.25, 0.3) is 0 Å². The van der Waals surface area contributed by atoms with E-state index < -0.39 is 59.8 Å². The minimum absolute atomic E-state index is 0.0562. The highest BCUT2D eigenvalue weighted by Gasteiger charge is 2.65. The van der Waals surface area contributed by atoms with Crippen molar-refractivity contribution < 1.29 is 46.8 Å². The normalized spacial score (nSPS) is 19.2. The average molecular weight is 1210 g/mol. The highest BCUT2D eigenvalue weighted by Crippen LogP contribution is 2.55. The van der Waals surface area contributed by atoms with E-state index in [1.807, 2.05) is 168 Å². The standard InChI is InChI=1S/C69H83N4O11PS/c1-10-11-12-13-14-27-45-72(7)85(76,80-47-48-86-63(74)65(2,3)50-79-69(54-30-21-16-22-31-54,55-32-23-17-24-33-55)56-34-25-18-26-35-56)81-49-59-61-67(6,84-66(4,5)83-61)62(82-59)73-46-44-60(70-64(73)75)71-68(51-28-19-15-20-29-51,52-36-40-57(77-8)41-37-52)53-38-42-58(78-9)43-39-53/h15-26,28-44,46,59,61-62H,10-14,27,45,47-50H2,1-9H3,(H,70,71,75)/t59-,61+,62-,67?,85?/m1/s1. The maximum absolute atomic E-state index is 15.3. The summed E-state index contributed by atoms with van der Waals surface area (Å²) in [7, 11) is 0.928. The second kappa shape index (κ2) is 28.2. The molecule has 2 aliphatic rings. The van der Waals surface area contributed by atoms with Gasteiger partial charge in [-0.05, 0) is 112 Å². The lowest BCUT2D eigenvalue weighted by Gasteiger charge is -2.38. The number of nitrogens with zero attached hydrogens (tertiary/aromatic N) is 3. The molecule has 1 N–H and O–H groups in total. The zero-order valence-electron chi connectivity index (χ0n) is 51.0. The van der Waals surface area contributed by atoms with Crippen LogP contribution in [0.15, 0.2) is 187 Å². The lowest BCUT2D eigenvalue weighted by molar-refractivity contribution is -0.218. The van der Waals surface area contributed by atoms with Crippen molar-refractivity contribution in [2.75, 3.05) is 58.7 Å². The van der Waals surface area contributed by atoms with Crippen LogP contribution in [0.3, 0.4) is 0 Å². The predicted octanol–water partition coefficient (Wildman–Crippen LogP) is 14.2. The van der Waals surface area contributed by atoms with Crippen LogP contribution in [-0.2, 0) is 48.5 Å². The first-order chi connectivity index (χ1) is 41.4. The summed E-state index contributed by atoms with van der Waals surface area (Å²) in [6, 6.07) is 57.5. The minimum atomic E-state index is -4.06. The van der Waals surface area contributed by atoms with Crippen LogP contribution in [0.2, 0.25) is 0 Å². The van der Waals surface area contributed by atoms with E-state index in [1.165, 1.54) is 4.57 Å². The SMILES string of the molecule is CCCCCCCCN(C)P(=O)(OCCSC(=O)C(C)(C)COC(c1ccccc1)(c1ccccc1)c1ccccc1)OC[C@H]1O[C@@H](n2ccc(NC(c3ccccc3)(c3ccc(OC)cc3)c3ccc(OC)cc3)nc2=O)C2(C)OC(C)(C)O[C@@H]12. The van der Waals surface area contributed by atoms with Gasteiger partial charge in [-0.15, -0.1) is 0 Å². The molecule has 2 aliphatic heterocycles. The number of rotatable bonds is 30. The smallest absolute Gasteiger partial charge is 0.408 e. The molecule has 0 aliphatic carbocycles. The summed E-state index contributed by atoms with van der Waals surface area (Å²) in [5.41, 5.74) is 0.581. The van der Waals surface area contributed by atoms with Gasteiger partial charge in [0.05, 0.1) is 39.5 Å². The lowest BCUT2D eigenvalue weighted by atomic mass is 9.77. The third-order valence-corrected chi connectivity index (χ3v) is 19.4. The largest absolute Gasteiger partial charge is 0.497 e. The molecule has 9 rings (SSSR count). The van der Waals surface area contributed by atoms with E-state index >= 15 is 4.57 Å². The number of benzene rings is 6. The zero-order valence-corrected chi connectivity index (χ0v) is 52.7. The Morgan fingerprint density at radius 2 is 1.20 bits per heavy atom. The topological polar surface area (TPSA) is 158 Å². The summed E-state index contributed by atoms with van der Waals surface area (Å²) >= 11 is 1.11. The highest BCUT2D eigenvalue weighted by molar-refractivity contribution is 8.13. The van der Waals surface area contributed by atoms with Crippen LogP contribution in [0.25, 0.3) is 0 Å². The number of thioether (sulfide) groups is 1. The van der Waals surface area contributed by atoms with Crippen molar-refractivity contribution in [2.24, 2.45) is 5.41 Å². The van der Waals surface area contributed by atoms with Crippen molar-refractivity contribution in [1.29, 1.82) is 0 Å². The number of aromatic nitrogens is 2. The molecule has 2 saturated heterocycles. The zero-order chi connectivity index (χ0) is 61.0. The second-order valence-electron chi connectivity index (χ2n) is 23.3.